The SMILES string of the molecule is C=CC(=O)N1C[C@H](C)N(c2nc(OCC3CCCN3C)nc3c2CCC(c2cc(O)cc4ccccc24)C3)[C@@H](C)C1. The number of carbonyl (C=O) groups is 1. The highest BCUT2D eigenvalue weighted by molar-refractivity contribution is 5.88. The van der Waals surface area contributed by atoms with Crippen LogP contribution in [0.3, 0.4) is 0 Å². The number of rotatable bonds is 6. The quantitative estimate of drug-likeness (QED) is 0.442. The number of hydrogen-bond donors (Lipinski definition) is 1. The van der Waals surface area contributed by atoms with Gasteiger partial charge in [0.25, 0.3) is 0 Å². The number of aromatic hydroxyl groups is 1. The zero-order valence-electron chi connectivity index (χ0n) is 24.4. The third-order valence-electron chi connectivity index (χ3n) is 9.28. The van der Waals surface area contributed by atoms with Gasteiger partial charge < -0.3 is 24.5 Å². The van der Waals surface area contributed by atoms with Gasteiger partial charge in [0.05, 0.1) is 5.69 Å². The third-order valence-corrected chi connectivity index (χ3v) is 9.28. The molecule has 1 aromatic heterocycles. The van der Waals surface area contributed by atoms with Crippen LogP contribution in [-0.2, 0) is 17.6 Å². The lowest BCUT2D eigenvalue weighted by atomic mass is 9.80. The van der Waals surface area contributed by atoms with E-state index in [0.717, 1.165) is 49.1 Å². The molecule has 3 aromatic rings. The molecule has 1 aliphatic carbocycles. The summed E-state index contributed by atoms with van der Waals surface area (Å²) >= 11 is 0. The predicted molar refractivity (Wildman–Crippen MR) is 162 cm³/mol. The molecule has 0 spiro atoms. The molecule has 3 aliphatic rings. The van der Waals surface area contributed by atoms with Crippen molar-refractivity contribution in [3.8, 4) is 11.8 Å². The number of anilines is 1. The second-order valence-electron chi connectivity index (χ2n) is 12.1. The molecule has 2 saturated heterocycles. The van der Waals surface area contributed by atoms with Crippen LogP contribution in [0, 0.1) is 0 Å². The van der Waals surface area contributed by atoms with E-state index in [-0.39, 0.29) is 23.9 Å². The van der Waals surface area contributed by atoms with Crippen LogP contribution in [0.4, 0.5) is 5.82 Å². The van der Waals surface area contributed by atoms with Crippen molar-refractivity contribution in [1.29, 1.82) is 0 Å². The van der Waals surface area contributed by atoms with Crippen LogP contribution in [0.15, 0.2) is 49.1 Å². The lowest BCUT2D eigenvalue weighted by molar-refractivity contribution is -0.127. The number of carbonyl (C=O) groups excluding carboxylic acids is 1. The number of phenols is 1. The van der Waals surface area contributed by atoms with Gasteiger partial charge in [0, 0.05) is 36.8 Å². The zero-order chi connectivity index (χ0) is 28.7. The Morgan fingerprint density at radius 3 is 2.66 bits per heavy atom. The maximum Gasteiger partial charge on any atom is 0.318 e. The van der Waals surface area contributed by atoms with Crippen molar-refractivity contribution in [2.45, 2.75) is 70.0 Å². The summed E-state index contributed by atoms with van der Waals surface area (Å²) in [4.78, 5) is 29.1. The first kappa shape index (κ1) is 27.5. The number of amides is 1. The number of likely N-dealkylation sites (N-methyl/N-ethyl adjacent to an activating group) is 1. The number of phenolic OH excluding ortho intramolecular Hbond substituents is 1. The average molecular weight is 556 g/mol. The van der Waals surface area contributed by atoms with Gasteiger partial charge in [-0.2, -0.15) is 9.97 Å². The first-order valence-electron chi connectivity index (χ1n) is 15.0. The number of ether oxygens (including phenoxy) is 1. The van der Waals surface area contributed by atoms with E-state index in [1.165, 1.54) is 29.0 Å². The van der Waals surface area contributed by atoms with Crippen molar-refractivity contribution in [3.63, 3.8) is 0 Å². The van der Waals surface area contributed by atoms with Gasteiger partial charge in [-0.15, -0.1) is 0 Å². The molecule has 6 rings (SSSR count). The Bertz CT molecular complexity index is 1450. The molecular weight excluding hydrogens is 514 g/mol. The normalized spacial score (nSPS) is 24.9. The molecular formula is C33H41N5O3. The summed E-state index contributed by atoms with van der Waals surface area (Å²) in [6.07, 6.45) is 6.25. The highest BCUT2D eigenvalue weighted by atomic mass is 16.5. The van der Waals surface area contributed by atoms with Crippen LogP contribution in [0.2, 0.25) is 0 Å². The summed E-state index contributed by atoms with van der Waals surface area (Å²) in [5, 5.41) is 12.8. The van der Waals surface area contributed by atoms with E-state index in [4.69, 9.17) is 14.7 Å². The van der Waals surface area contributed by atoms with Crippen molar-refractivity contribution in [3.05, 3.63) is 65.9 Å². The first-order valence-corrected chi connectivity index (χ1v) is 15.0. The molecule has 4 atom stereocenters. The van der Waals surface area contributed by atoms with Crippen molar-refractivity contribution in [2.75, 3.05) is 38.2 Å². The molecule has 41 heavy (non-hydrogen) atoms. The summed E-state index contributed by atoms with van der Waals surface area (Å²) in [6, 6.07) is 13.0. The molecule has 2 unspecified atom stereocenters. The van der Waals surface area contributed by atoms with Gasteiger partial charge in [0.1, 0.15) is 18.2 Å². The number of hydrogen-bond acceptors (Lipinski definition) is 7. The van der Waals surface area contributed by atoms with E-state index in [1.807, 2.05) is 23.1 Å². The fourth-order valence-electron chi connectivity index (χ4n) is 7.19. The smallest absolute Gasteiger partial charge is 0.318 e. The Balaban J connectivity index is 1.36. The number of likely N-dealkylation sites (tertiary alicyclic amines) is 1. The number of benzene rings is 2. The fraction of sp³-hybridized carbons (Fsp3) is 0.485. The van der Waals surface area contributed by atoms with Gasteiger partial charge in [-0.1, -0.05) is 30.8 Å². The molecule has 8 heteroatoms. The molecule has 2 aromatic carbocycles. The minimum atomic E-state index is -0.0287. The summed E-state index contributed by atoms with van der Waals surface area (Å²) in [7, 11) is 2.15. The first-order chi connectivity index (χ1) is 19.8. The van der Waals surface area contributed by atoms with E-state index < -0.39 is 0 Å². The van der Waals surface area contributed by atoms with Crippen LogP contribution in [-0.4, -0.2) is 82.2 Å². The predicted octanol–water partition coefficient (Wildman–Crippen LogP) is 4.69. The number of aromatic nitrogens is 2. The minimum absolute atomic E-state index is 0.0287. The van der Waals surface area contributed by atoms with Gasteiger partial charge in [0.2, 0.25) is 5.91 Å². The second kappa shape index (κ2) is 11.3. The largest absolute Gasteiger partial charge is 0.508 e. The van der Waals surface area contributed by atoms with Gasteiger partial charge in [0.15, 0.2) is 0 Å². The zero-order valence-corrected chi connectivity index (χ0v) is 24.4. The van der Waals surface area contributed by atoms with Gasteiger partial charge in [-0.05, 0) is 100 Å². The van der Waals surface area contributed by atoms with E-state index in [1.54, 1.807) is 0 Å². The summed E-state index contributed by atoms with van der Waals surface area (Å²) < 4.78 is 6.33. The molecule has 216 valence electrons. The van der Waals surface area contributed by atoms with E-state index in [0.29, 0.717) is 37.5 Å². The molecule has 2 fully saturated rings. The maximum atomic E-state index is 12.4. The Labute approximate surface area is 242 Å². The Hall–Kier alpha value is -3.65. The highest BCUT2D eigenvalue weighted by Gasteiger charge is 2.36. The van der Waals surface area contributed by atoms with Gasteiger partial charge >= 0.3 is 6.01 Å². The molecule has 0 bridgehead atoms. The van der Waals surface area contributed by atoms with E-state index in [9.17, 15) is 9.90 Å². The van der Waals surface area contributed by atoms with Crippen LogP contribution in [0.1, 0.15) is 55.8 Å². The number of fused-ring (bicyclic) bond motifs is 2. The van der Waals surface area contributed by atoms with E-state index in [2.05, 4.69) is 55.5 Å². The van der Waals surface area contributed by atoms with Crippen LogP contribution >= 0.6 is 0 Å². The second-order valence-corrected chi connectivity index (χ2v) is 12.1. The number of nitrogens with zero attached hydrogens (tertiary/aromatic N) is 5. The fourth-order valence-corrected chi connectivity index (χ4v) is 7.19. The van der Waals surface area contributed by atoms with Crippen molar-refractivity contribution in [1.82, 2.24) is 19.8 Å². The lowest BCUT2D eigenvalue weighted by Gasteiger charge is -2.46. The molecule has 8 nitrogen and oxygen atoms in total. The minimum Gasteiger partial charge on any atom is -0.508 e. The molecule has 3 heterocycles. The Morgan fingerprint density at radius 2 is 1.93 bits per heavy atom. The topological polar surface area (TPSA) is 82.0 Å². The Morgan fingerprint density at radius 1 is 1.15 bits per heavy atom. The van der Waals surface area contributed by atoms with E-state index >= 15 is 0 Å². The van der Waals surface area contributed by atoms with Gasteiger partial charge in [-0.3, -0.25) is 4.79 Å². The third kappa shape index (κ3) is 5.37. The molecule has 1 amide bonds. The molecule has 2 aliphatic heterocycles. The van der Waals surface area contributed by atoms with Crippen molar-refractivity contribution < 1.29 is 14.6 Å². The molecule has 0 radical (unpaired) electrons. The summed E-state index contributed by atoms with van der Waals surface area (Å²) in [5.41, 5.74) is 3.37. The van der Waals surface area contributed by atoms with Crippen LogP contribution in [0.25, 0.3) is 10.8 Å². The summed E-state index contributed by atoms with van der Waals surface area (Å²) in [6.45, 7) is 10.9. The van der Waals surface area contributed by atoms with Crippen LogP contribution in [0.5, 0.6) is 11.8 Å². The Kier molecular flexibility index (Phi) is 7.60. The average Bonchev–Trinajstić information content (AvgIpc) is 3.38. The lowest BCUT2D eigenvalue weighted by Crippen LogP contribution is -2.58. The highest BCUT2D eigenvalue weighted by Crippen LogP contribution is 2.41. The van der Waals surface area contributed by atoms with Gasteiger partial charge in [-0.25, -0.2) is 0 Å². The van der Waals surface area contributed by atoms with Crippen LogP contribution < -0.4 is 9.64 Å². The summed E-state index contributed by atoms with van der Waals surface area (Å²) in [5.74, 6) is 1.44. The maximum absolute atomic E-state index is 12.4. The standard InChI is InChI=1S/C33H41N5O3/c1-5-31(40)37-18-21(2)38(22(3)19-37)32-28-13-12-24(29-17-26(39)15-23-9-6-7-11-27(23)29)16-30(28)34-33(35-32)41-20-25-10-8-14-36(25)4/h5-7,9,11,15,17,21-22,24-25,39H,1,8,10,12-14,16,18-20H2,2-4H3/t21-,22-,24?,25?/m0/s1. The van der Waals surface area contributed by atoms with Crippen molar-refractivity contribution in [2.24, 2.45) is 0 Å². The number of piperazine rings is 1. The molecule has 1 N–H and O–H groups in total. The monoisotopic (exact) mass is 555 g/mol. The van der Waals surface area contributed by atoms with Crippen molar-refractivity contribution >= 4 is 22.5 Å². The molecule has 0 saturated carbocycles.